The van der Waals surface area contributed by atoms with Gasteiger partial charge in [0, 0.05) is 18.9 Å². The van der Waals surface area contributed by atoms with Crippen LogP contribution in [-0.4, -0.2) is 22.9 Å². The van der Waals surface area contributed by atoms with Gasteiger partial charge in [-0.25, -0.2) is 0 Å². The maximum Gasteiger partial charge on any atom is 0.0800 e. The van der Waals surface area contributed by atoms with Crippen LogP contribution in [-0.2, 0) is 7.05 Å². The van der Waals surface area contributed by atoms with Crippen LogP contribution >= 0.6 is 15.9 Å². The summed E-state index contributed by atoms with van der Waals surface area (Å²) in [5.41, 5.74) is 2.75. The monoisotopic (exact) mass is 311 g/mol. The molecule has 2 aliphatic rings. The summed E-state index contributed by atoms with van der Waals surface area (Å²) in [6.07, 6.45) is 7.86. The number of hydrogen-bond donors (Lipinski definition) is 1. The molecule has 1 aliphatic heterocycles. The minimum Gasteiger partial charge on any atom is -0.317 e. The second-order valence-electron chi connectivity index (χ2n) is 5.71. The lowest BCUT2D eigenvalue weighted by molar-refractivity contribution is 0.438. The van der Waals surface area contributed by atoms with Crippen molar-refractivity contribution in [2.24, 2.45) is 7.05 Å². The van der Waals surface area contributed by atoms with E-state index in [1.165, 1.54) is 54.4 Å². The Balaban J connectivity index is 1.89. The molecule has 3 nitrogen and oxygen atoms in total. The molecule has 2 fully saturated rings. The highest BCUT2D eigenvalue weighted by Crippen LogP contribution is 2.41. The smallest absolute Gasteiger partial charge is 0.0800 e. The van der Waals surface area contributed by atoms with E-state index in [0.29, 0.717) is 11.8 Å². The molecule has 1 aliphatic carbocycles. The predicted octanol–water partition coefficient (Wildman–Crippen LogP) is 3.31. The van der Waals surface area contributed by atoms with E-state index in [9.17, 15) is 0 Å². The molecule has 4 heteroatoms. The molecule has 1 saturated carbocycles. The molecular formula is C14H22BrN3. The van der Waals surface area contributed by atoms with Gasteiger partial charge in [-0.1, -0.05) is 12.8 Å². The largest absolute Gasteiger partial charge is 0.317 e. The summed E-state index contributed by atoms with van der Waals surface area (Å²) in [6.45, 7) is 2.28. The molecule has 0 aromatic carbocycles. The van der Waals surface area contributed by atoms with Gasteiger partial charge in [-0.3, -0.25) is 4.68 Å². The van der Waals surface area contributed by atoms with Crippen LogP contribution in [0.3, 0.4) is 0 Å². The van der Waals surface area contributed by atoms with E-state index in [4.69, 9.17) is 5.10 Å². The fraction of sp³-hybridized carbons (Fsp3) is 0.786. The van der Waals surface area contributed by atoms with E-state index in [0.717, 1.165) is 13.1 Å². The van der Waals surface area contributed by atoms with Crippen LogP contribution in [0.2, 0.25) is 0 Å². The molecule has 1 saturated heterocycles. The van der Waals surface area contributed by atoms with Crippen LogP contribution in [0, 0.1) is 0 Å². The zero-order valence-corrected chi connectivity index (χ0v) is 12.7. The van der Waals surface area contributed by atoms with Gasteiger partial charge in [0.05, 0.1) is 15.9 Å². The molecule has 100 valence electrons. The van der Waals surface area contributed by atoms with Gasteiger partial charge in [0.25, 0.3) is 0 Å². The van der Waals surface area contributed by atoms with Crippen LogP contribution in [0.5, 0.6) is 0 Å². The lowest BCUT2D eigenvalue weighted by Gasteiger charge is -2.23. The first kappa shape index (κ1) is 12.7. The number of nitrogens with zero attached hydrogens (tertiary/aromatic N) is 2. The number of rotatable bonds is 2. The highest BCUT2D eigenvalue weighted by Gasteiger charge is 2.28. The number of aryl methyl sites for hydroxylation is 1. The molecule has 2 heterocycles. The van der Waals surface area contributed by atoms with E-state index < -0.39 is 0 Å². The standard InChI is InChI=1S/C14H22BrN3/c1-18-14(11-6-8-16-9-7-11)12(15)13(17-18)10-4-2-3-5-10/h10-11,16H,2-9H2,1H3. The van der Waals surface area contributed by atoms with E-state index in [2.05, 4.69) is 33.0 Å². The highest BCUT2D eigenvalue weighted by molar-refractivity contribution is 9.10. The Morgan fingerprint density at radius 2 is 1.78 bits per heavy atom. The number of hydrogen-bond acceptors (Lipinski definition) is 2. The van der Waals surface area contributed by atoms with Gasteiger partial charge in [0.2, 0.25) is 0 Å². The topological polar surface area (TPSA) is 29.9 Å². The van der Waals surface area contributed by atoms with Gasteiger partial charge in [-0.15, -0.1) is 0 Å². The lowest BCUT2D eigenvalue weighted by atomic mass is 9.93. The quantitative estimate of drug-likeness (QED) is 0.908. The Bertz CT molecular complexity index is 415. The average Bonchev–Trinajstić information content (AvgIpc) is 2.99. The highest BCUT2D eigenvalue weighted by atomic mass is 79.9. The van der Waals surface area contributed by atoms with Gasteiger partial charge >= 0.3 is 0 Å². The van der Waals surface area contributed by atoms with Crippen molar-refractivity contribution in [3.8, 4) is 0 Å². The molecule has 1 aromatic rings. The summed E-state index contributed by atoms with van der Waals surface area (Å²) in [6, 6.07) is 0. The fourth-order valence-corrected chi connectivity index (χ4v) is 4.51. The van der Waals surface area contributed by atoms with Gasteiger partial charge in [0.15, 0.2) is 0 Å². The maximum atomic E-state index is 4.82. The van der Waals surface area contributed by atoms with Crippen LogP contribution < -0.4 is 5.32 Å². The lowest BCUT2D eigenvalue weighted by Crippen LogP contribution is -2.27. The van der Waals surface area contributed by atoms with Crippen LogP contribution in [0.1, 0.15) is 61.7 Å². The minimum atomic E-state index is 0.674. The van der Waals surface area contributed by atoms with Crippen LogP contribution in [0.25, 0.3) is 0 Å². The van der Waals surface area contributed by atoms with Crippen molar-refractivity contribution in [2.75, 3.05) is 13.1 Å². The minimum absolute atomic E-state index is 0.674. The molecule has 0 bridgehead atoms. The van der Waals surface area contributed by atoms with Crippen molar-refractivity contribution in [3.63, 3.8) is 0 Å². The van der Waals surface area contributed by atoms with Crippen molar-refractivity contribution >= 4 is 15.9 Å². The summed E-state index contributed by atoms with van der Waals surface area (Å²) in [4.78, 5) is 0. The Morgan fingerprint density at radius 1 is 1.11 bits per heavy atom. The number of piperidine rings is 1. The van der Waals surface area contributed by atoms with E-state index >= 15 is 0 Å². The SMILES string of the molecule is Cn1nc(C2CCCC2)c(Br)c1C1CCNCC1. The molecule has 1 aromatic heterocycles. The second-order valence-corrected chi connectivity index (χ2v) is 6.51. The molecule has 18 heavy (non-hydrogen) atoms. The Hall–Kier alpha value is -0.350. The van der Waals surface area contributed by atoms with Gasteiger partial charge in [-0.2, -0.15) is 5.10 Å². The average molecular weight is 312 g/mol. The molecule has 0 amide bonds. The molecule has 0 unspecified atom stereocenters. The van der Waals surface area contributed by atoms with Crippen LogP contribution in [0.15, 0.2) is 4.47 Å². The summed E-state index contributed by atoms with van der Waals surface area (Å²) in [5.74, 6) is 1.37. The number of halogens is 1. The normalized spacial score (nSPS) is 22.8. The first-order chi connectivity index (χ1) is 8.77. The third kappa shape index (κ3) is 2.25. The Kier molecular flexibility index (Phi) is 3.76. The van der Waals surface area contributed by atoms with Crippen LogP contribution in [0.4, 0.5) is 0 Å². The zero-order valence-electron chi connectivity index (χ0n) is 11.1. The van der Waals surface area contributed by atoms with E-state index in [-0.39, 0.29) is 0 Å². The third-order valence-corrected chi connectivity index (χ3v) is 5.34. The summed E-state index contributed by atoms with van der Waals surface area (Å²) in [5, 5.41) is 8.26. The second kappa shape index (κ2) is 5.33. The van der Waals surface area contributed by atoms with Crippen molar-refractivity contribution in [3.05, 3.63) is 15.9 Å². The molecule has 1 N–H and O–H groups in total. The summed E-state index contributed by atoms with van der Waals surface area (Å²) < 4.78 is 3.44. The fourth-order valence-electron chi connectivity index (χ4n) is 3.53. The van der Waals surface area contributed by atoms with Crippen molar-refractivity contribution in [1.82, 2.24) is 15.1 Å². The van der Waals surface area contributed by atoms with Gasteiger partial charge < -0.3 is 5.32 Å². The van der Waals surface area contributed by atoms with Gasteiger partial charge in [0.1, 0.15) is 0 Å². The van der Waals surface area contributed by atoms with E-state index in [1.54, 1.807) is 0 Å². The summed E-state index contributed by atoms with van der Waals surface area (Å²) in [7, 11) is 2.11. The molecule has 3 rings (SSSR count). The number of nitrogens with one attached hydrogen (secondary N) is 1. The van der Waals surface area contributed by atoms with Crippen molar-refractivity contribution in [2.45, 2.75) is 50.4 Å². The zero-order chi connectivity index (χ0) is 12.5. The molecular weight excluding hydrogens is 290 g/mol. The van der Waals surface area contributed by atoms with Crippen molar-refractivity contribution < 1.29 is 0 Å². The van der Waals surface area contributed by atoms with E-state index in [1.807, 2.05) is 0 Å². The Morgan fingerprint density at radius 3 is 2.44 bits per heavy atom. The summed E-state index contributed by atoms with van der Waals surface area (Å²) >= 11 is 3.84. The molecule has 0 spiro atoms. The van der Waals surface area contributed by atoms with Crippen molar-refractivity contribution in [1.29, 1.82) is 0 Å². The molecule has 0 radical (unpaired) electrons. The Labute approximate surface area is 117 Å². The van der Waals surface area contributed by atoms with Gasteiger partial charge in [-0.05, 0) is 54.7 Å². The number of aromatic nitrogens is 2. The first-order valence-corrected chi connectivity index (χ1v) is 7.99. The first-order valence-electron chi connectivity index (χ1n) is 7.20. The predicted molar refractivity (Wildman–Crippen MR) is 77.0 cm³/mol. The third-order valence-electron chi connectivity index (χ3n) is 4.52. The maximum absolute atomic E-state index is 4.82. The molecule has 0 atom stereocenters.